The predicted octanol–water partition coefficient (Wildman–Crippen LogP) is -0.602. The summed E-state index contributed by atoms with van der Waals surface area (Å²) in [6.45, 7) is 0.878. The molecule has 15 heavy (non-hydrogen) atoms. The number of hydrogen-bond acceptors (Lipinski definition) is 4. The van der Waals surface area contributed by atoms with Gasteiger partial charge in [-0.25, -0.2) is 13.1 Å². The molecule has 0 amide bonds. The fourth-order valence-corrected chi connectivity index (χ4v) is 2.08. The summed E-state index contributed by atoms with van der Waals surface area (Å²) in [5.41, 5.74) is 6.04. The Hall–Kier alpha value is -0.890. The number of nitrogens with one attached hydrogen (secondary N) is 2. The number of methoxy groups -OCH3 is 1. The zero-order chi connectivity index (χ0) is 11.3. The minimum atomic E-state index is -3.44. The molecule has 0 atom stereocenters. The van der Waals surface area contributed by atoms with Crippen molar-refractivity contribution in [2.45, 2.75) is 11.4 Å². The Morgan fingerprint density at radius 2 is 2.33 bits per heavy atom. The second kappa shape index (κ2) is 5.26. The number of aromatic amines is 1. The summed E-state index contributed by atoms with van der Waals surface area (Å²) in [6, 6.07) is 1.51. The maximum atomic E-state index is 11.6. The molecule has 0 unspecified atom stereocenters. The highest BCUT2D eigenvalue weighted by Gasteiger charge is 2.14. The molecule has 0 aliphatic rings. The Morgan fingerprint density at radius 3 is 2.87 bits per heavy atom. The summed E-state index contributed by atoms with van der Waals surface area (Å²) in [4.78, 5) is 2.97. The lowest BCUT2D eigenvalue weighted by Crippen LogP contribution is -2.26. The molecule has 0 saturated heterocycles. The smallest absolute Gasteiger partial charge is 0.242 e. The lowest BCUT2D eigenvalue weighted by Gasteiger charge is -2.03. The van der Waals surface area contributed by atoms with Gasteiger partial charge in [-0.3, -0.25) is 0 Å². The van der Waals surface area contributed by atoms with Crippen molar-refractivity contribution in [2.24, 2.45) is 5.73 Å². The monoisotopic (exact) mass is 233 g/mol. The van der Waals surface area contributed by atoms with Crippen LogP contribution in [0.5, 0.6) is 0 Å². The maximum absolute atomic E-state index is 11.6. The van der Waals surface area contributed by atoms with E-state index < -0.39 is 10.0 Å². The largest absolute Gasteiger partial charge is 0.383 e. The Balaban J connectivity index is 2.68. The van der Waals surface area contributed by atoms with Crippen molar-refractivity contribution in [3.63, 3.8) is 0 Å². The summed E-state index contributed by atoms with van der Waals surface area (Å²) >= 11 is 0. The summed E-state index contributed by atoms with van der Waals surface area (Å²) in [5, 5.41) is 0. The van der Waals surface area contributed by atoms with Gasteiger partial charge in [-0.2, -0.15) is 0 Å². The van der Waals surface area contributed by atoms with E-state index >= 15 is 0 Å². The Labute approximate surface area is 88.9 Å². The quantitative estimate of drug-likeness (QED) is 0.571. The Kier molecular flexibility index (Phi) is 4.28. The van der Waals surface area contributed by atoms with Crippen LogP contribution in [0, 0.1) is 0 Å². The van der Waals surface area contributed by atoms with E-state index in [-0.39, 0.29) is 18.0 Å². The molecule has 1 aromatic rings. The van der Waals surface area contributed by atoms with Crippen LogP contribution >= 0.6 is 0 Å². The number of rotatable bonds is 6. The predicted molar refractivity (Wildman–Crippen MR) is 55.7 cm³/mol. The van der Waals surface area contributed by atoms with E-state index in [1.807, 2.05) is 0 Å². The first kappa shape index (κ1) is 12.2. The van der Waals surface area contributed by atoms with Gasteiger partial charge in [0.25, 0.3) is 0 Å². The molecule has 1 heterocycles. The van der Waals surface area contributed by atoms with Gasteiger partial charge in [0.05, 0.1) is 11.5 Å². The average Bonchev–Trinajstić information content (AvgIpc) is 2.66. The van der Waals surface area contributed by atoms with Gasteiger partial charge in [-0.15, -0.1) is 0 Å². The first-order valence-electron chi connectivity index (χ1n) is 4.46. The number of H-pyrrole nitrogens is 1. The minimum absolute atomic E-state index is 0.194. The highest BCUT2D eigenvalue weighted by molar-refractivity contribution is 7.89. The van der Waals surface area contributed by atoms with E-state index in [0.717, 1.165) is 0 Å². The minimum Gasteiger partial charge on any atom is -0.383 e. The van der Waals surface area contributed by atoms with Crippen molar-refractivity contribution in [1.29, 1.82) is 0 Å². The van der Waals surface area contributed by atoms with E-state index in [4.69, 9.17) is 10.5 Å². The van der Waals surface area contributed by atoms with Gasteiger partial charge in [0, 0.05) is 32.1 Å². The van der Waals surface area contributed by atoms with Crippen LogP contribution < -0.4 is 10.5 Å². The molecule has 0 aromatic carbocycles. The molecular formula is C8H15N3O3S. The Morgan fingerprint density at radius 1 is 1.60 bits per heavy atom. The van der Waals surface area contributed by atoms with Crippen LogP contribution in [0.2, 0.25) is 0 Å². The molecule has 86 valence electrons. The molecule has 1 rings (SSSR count). The van der Waals surface area contributed by atoms with Crippen molar-refractivity contribution in [1.82, 2.24) is 9.71 Å². The molecule has 0 saturated carbocycles. The molecule has 6 nitrogen and oxygen atoms in total. The van der Waals surface area contributed by atoms with E-state index in [0.29, 0.717) is 12.3 Å². The van der Waals surface area contributed by atoms with Crippen LogP contribution in [-0.2, 0) is 21.3 Å². The second-order valence-corrected chi connectivity index (χ2v) is 4.72. The van der Waals surface area contributed by atoms with E-state index in [2.05, 4.69) is 9.71 Å². The number of sulfonamides is 1. The molecule has 0 fully saturated rings. The van der Waals surface area contributed by atoms with Gasteiger partial charge in [-0.1, -0.05) is 0 Å². The van der Waals surface area contributed by atoms with Gasteiger partial charge in [-0.05, 0) is 6.07 Å². The molecule has 0 radical (unpaired) electrons. The summed E-state index contributed by atoms with van der Waals surface area (Å²) in [6.07, 6.45) is 1.41. The lowest BCUT2D eigenvalue weighted by atomic mass is 10.4. The standard InChI is InChI=1S/C8H15N3O3S/c1-14-3-2-11-15(12,13)8-4-7(5-9)10-6-8/h4,6,10-11H,2-3,5,9H2,1H3. The first-order chi connectivity index (χ1) is 7.10. The summed E-state index contributed by atoms with van der Waals surface area (Å²) in [5.74, 6) is 0. The van der Waals surface area contributed by atoms with E-state index in [9.17, 15) is 8.42 Å². The van der Waals surface area contributed by atoms with Crippen LogP contribution in [0.1, 0.15) is 5.69 Å². The third-order valence-electron chi connectivity index (χ3n) is 1.84. The topological polar surface area (TPSA) is 97.2 Å². The highest BCUT2D eigenvalue weighted by Crippen LogP contribution is 2.09. The third kappa shape index (κ3) is 3.31. The molecule has 0 spiro atoms. The number of hydrogen-bond donors (Lipinski definition) is 3. The molecule has 0 bridgehead atoms. The molecule has 0 aliphatic carbocycles. The van der Waals surface area contributed by atoms with Crippen molar-refractivity contribution in [2.75, 3.05) is 20.3 Å². The second-order valence-electron chi connectivity index (χ2n) is 2.96. The van der Waals surface area contributed by atoms with Crippen molar-refractivity contribution in [3.8, 4) is 0 Å². The number of nitrogens with two attached hydrogens (primary N) is 1. The van der Waals surface area contributed by atoms with Crippen molar-refractivity contribution >= 4 is 10.0 Å². The van der Waals surface area contributed by atoms with Crippen molar-refractivity contribution < 1.29 is 13.2 Å². The van der Waals surface area contributed by atoms with Gasteiger partial charge < -0.3 is 15.5 Å². The van der Waals surface area contributed by atoms with Crippen molar-refractivity contribution in [3.05, 3.63) is 18.0 Å². The van der Waals surface area contributed by atoms with Gasteiger partial charge in [0.1, 0.15) is 0 Å². The van der Waals surface area contributed by atoms with Crippen LogP contribution in [0.25, 0.3) is 0 Å². The molecular weight excluding hydrogens is 218 g/mol. The lowest BCUT2D eigenvalue weighted by molar-refractivity contribution is 0.204. The molecule has 1 aromatic heterocycles. The van der Waals surface area contributed by atoms with Crippen LogP contribution in [-0.4, -0.2) is 33.7 Å². The molecule has 4 N–H and O–H groups in total. The summed E-state index contributed by atoms with van der Waals surface area (Å²) < 4.78 is 30.4. The first-order valence-corrected chi connectivity index (χ1v) is 5.94. The van der Waals surface area contributed by atoms with Crippen LogP contribution in [0.15, 0.2) is 17.2 Å². The molecule has 7 heteroatoms. The van der Waals surface area contributed by atoms with Crippen LogP contribution in [0.4, 0.5) is 0 Å². The number of ether oxygens (including phenoxy) is 1. The number of aromatic nitrogens is 1. The van der Waals surface area contributed by atoms with Gasteiger partial charge in [0.2, 0.25) is 10.0 Å². The third-order valence-corrected chi connectivity index (χ3v) is 3.29. The average molecular weight is 233 g/mol. The zero-order valence-electron chi connectivity index (χ0n) is 8.49. The van der Waals surface area contributed by atoms with Gasteiger partial charge in [0.15, 0.2) is 0 Å². The summed E-state index contributed by atoms with van der Waals surface area (Å²) in [7, 11) is -1.93. The zero-order valence-corrected chi connectivity index (χ0v) is 9.30. The molecule has 0 aliphatic heterocycles. The van der Waals surface area contributed by atoms with Gasteiger partial charge >= 0.3 is 0 Å². The highest BCUT2D eigenvalue weighted by atomic mass is 32.2. The van der Waals surface area contributed by atoms with E-state index in [1.54, 1.807) is 0 Å². The fraction of sp³-hybridized carbons (Fsp3) is 0.500. The normalized spacial score (nSPS) is 11.9. The van der Waals surface area contributed by atoms with E-state index in [1.165, 1.54) is 19.4 Å². The maximum Gasteiger partial charge on any atom is 0.242 e. The Bertz CT molecular complexity index is 399. The van der Waals surface area contributed by atoms with Crippen LogP contribution in [0.3, 0.4) is 0 Å². The SMILES string of the molecule is COCCNS(=O)(=O)c1c[nH]c(CN)c1. The fourth-order valence-electron chi connectivity index (χ4n) is 1.05.